The van der Waals surface area contributed by atoms with Gasteiger partial charge in [0.05, 0.1) is 11.0 Å². The zero-order valence-electron chi connectivity index (χ0n) is 11.0. The van der Waals surface area contributed by atoms with Crippen LogP contribution in [0.2, 0.25) is 5.02 Å². The topological polar surface area (TPSA) is 70.2 Å². The normalized spacial score (nSPS) is 10.7. The maximum atomic E-state index is 10.8. The number of nitro groups is 1. The second-order valence-electron chi connectivity index (χ2n) is 4.52. The molecule has 19 heavy (non-hydrogen) atoms. The van der Waals surface area contributed by atoms with Crippen molar-refractivity contribution in [1.82, 2.24) is 4.90 Å². The van der Waals surface area contributed by atoms with Crippen LogP contribution in [0, 0.1) is 21.4 Å². The van der Waals surface area contributed by atoms with Crippen LogP contribution >= 0.6 is 11.6 Å². The molecule has 0 amide bonds. The van der Waals surface area contributed by atoms with Gasteiger partial charge >= 0.3 is 0 Å². The molecule has 0 aliphatic carbocycles. The van der Waals surface area contributed by atoms with E-state index in [2.05, 4.69) is 11.0 Å². The van der Waals surface area contributed by atoms with Gasteiger partial charge in [-0.15, -0.1) is 0 Å². The third-order valence-corrected chi connectivity index (χ3v) is 3.15. The molecule has 0 saturated carbocycles. The Morgan fingerprint density at radius 1 is 1.53 bits per heavy atom. The molecule has 0 fully saturated rings. The lowest BCUT2D eigenvalue weighted by atomic mass is 10.1. The predicted molar refractivity (Wildman–Crippen MR) is 73.9 cm³/mol. The van der Waals surface area contributed by atoms with Crippen molar-refractivity contribution in [2.24, 2.45) is 0 Å². The van der Waals surface area contributed by atoms with Crippen LogP contribution in [0.5, 0.6) is 0 Å². The molecule has 0 bridgehead atoms. The Morgan fingerprint density at radius 3 is 2.74 bits per heavy atom. The molecule has 0 aliphatic rings. The van der Waals surface area contributed by atoms with Crippen molar-refractivity contribution < 1.29 is 4.92 Å². The summed E-state index contributed by atoms with van der Waals surface area (Å²) in [5, 5.41) is 19.6. The first kappa shape index (κ1) is 15.4. The highest BCUT2D eigenvalue weighted by molar-refractivity contribution is 6.32. The first-order valence-electron chi connectivity index (χ1n) is 5.99. The summed E-state index contributed by atoms with van der Waals surface area (Å²) in [5.74, 6) is 0. The molecule has 0 unspecified atom stereocenters. The molecule has 0 aliphatic heterocycles. The Labute approximate surface area is 117 Å². The van der Waals surface area contributed by atoms with Crippen molar-refractivity contribution in [3.05, 3.63) is 38.9 Å². The van der Waals surface area contributed by atoms with Gasteiger partial charge in [0, 0.05) is 31.6 Å². The quantitative estimate of drug-likeness (QED) is 0.592. The highest BCUT2D eigenvalue weighted by Gasteiger charge is 2.15. The molecule has 5 nitrogen and oxygen atoms in total. The van der Waals surface area contributed by atoms with Gasteiger partial charge in [-0.2, -0.15) is 5.26 Å². The molecule has 0 heterocycles. The maximum Gasteiger partial charge on any atom is 0.288 e. The van der Waals surface area contributed by atoms with Gasteiger partial charge in [-0.05, 0) is 25.5 Å². The van der Waals surface area contributed by atoms with E-state index < -0.39 is 4.92 Å². The van der Waals surface area contributed by atoms with Crippen LogP contribution in [0.1, 0.15) is 25.8 Å². The number of nitrogens with zero attached hydrogens (tertiary/aromatic N) is 3. The Hall–Kier alpha value is -1.64. The monoisotopic (exact) mass is 281 g/mol. The zero-order chi connectivity index (χ0) is 14.4. The molecular weight excluding hydrogens is 266 g/mol. The summed E-state index contributed by atoms with van der Waals surface area (Å²) in [6, 6.07) is 7.18. The molecule has 6 heteroatoms. The molecule has 0 atom stereocenters. The van der Waals surface area contributed by atoms with E-state index in [9.17, 15) is 10.1 Å². The maximum absolute atomic E-state index is 10.8. The number of hydrogen-bond donors (Lipinski definition) is 0. The standard InChI is InChI=1S/C13H16ClN3O2/c1-10(2)16(7-3-6-15)9-11-4-5-12(14)13(8-11)17(18)19/h4-5,8,10H,3,7,9H2,1-2H3. The number of halogens is 1. The summed E-state index contributed by atoms with van der Waals surface area (Å²) in [7, 11) is 0. The van der Waals surface area contributed by atoms with Crippen molar-refractivity contribution in [3.63, 3.8) is 0 Å². The van der Waals surface area contributed by atoms with Crippen LogP contribution in [-0.2, 0) is 6.54 Å². The fourth-order valence-electron chi connectivity index (χ4n) is 1.74. The predicted octanol–water partition coefficient (Wildman–Crippen LogP) is 3.37. The van der Waals surface area contributed by atoms with Crippen LogP contribution < -0.4 is 0 Å². The lowest BCUT2D eigenvalue weighted by Gasteiger charge is -2.25. The first-order valence-corrected chi connectivity index (χ1v) is 6.37. The van der Waals surface area contributed by atoms with E-state index in [1.807, 2.05) is 13.8 Å². The summed E-state index contributed by atoms with van der Waals surface area (Å²) in [6.45, 7) is 5.27. The second kappa shape index (κ2) is 7.07. The van der Waals surface area contributed by atoms with Crippen LogP contribution in [0.25, 0.3) is 0 Å². The molecule has 102 valence electrons. The number of hydrogen-bond acceptors (Lipinski definition) is 4. The number of nitriles is 1. The Kier molecular flexibility index (Phi) is 5.74. The summed E-state index contributed by atoms with van der Waals surface area (Å²) in [4.78, 5) is 12.4. The summed E-state index contributed by atoms with van der Waals surface area (Å²) in [5.41, 5.74) is 0.742. The third-order valence-electron chi connectivity index (χ3n) is 2.83. The van der Waals surface area contributed by atoms with E-state index in [0.717, 1.165) is 5.56 Å². The lowest BCUT2D eigenvalue weighted by molar-refractivity contribution is -0.384. The second-order valence-corrected chi connectivity index (χ2v) is 4.92. The molecule has 0 N–H and O–H groups in total. The summed E-state index contributed by atoms with van der Waals surface area (Å²) < 4.78 is 0. The van der Waals surface area contributed by atoms with Crippen molar-refractivity contribution in [2.75, 3.05) is 6.54 Å². The number of nitro benzene ring substituents is 1. The van der Waals surface area contributed by atoms with Crippen LogP contribution in [0.15, 0.2) is 18.2 Å². The fraction of sp³-hybridized carbons (Fsp3) is 0.462. The molecule has 1 aromatic rings. The Bertz CT molecular complexity index is 497. The zero-order valence-corrected chi connectivity index (χ0v) is 11.7. The molecule has 0 aromatic heterocycles. The SMILES string of the molecule is CC(C)N(CCC#N)Cc1ccc(Cl)c([N+](=O)[O-])c1. The Balaban J connectivity index is 2.88. The average Bonchev–Trinajstić information content (AvgIpc) is 2.35. The van der Waals surface area contributed by atoms with Gasteiger partial charge in [0.1, 0.15) is 5.02 Å². The van der Waals surface area contributed by atoms with E-state index in [1.165, 1.54) is 12.1 Å². The molecule has 0 spiro atoms. The van der Waals surface area contributed by atoms with E-state index in [0.29, 0.717) is 19.5 Å². The Morgan fingerprint density at radius 2 is 2.21 bits per heavy atom. The van der Waals surface area contributed by atoms with E-state index in [4.69, 9.17) is 16.9 Å². The number of benzene rings is 1. The molecule has 0 radical (unpaired) electrons. The largest absolute Gasteiger partial charge is 0.296 e. The van der Waals surface area contributed by atoms with Crippen molar-refractivity contribution in [1.29, 1.82) is 5.26 Å². The number of rotatable bonds is 6. The van der Waals surface area contributed by atoms with Gasteiger partial charge in [0.2, 0.25) is 0 Å². The summed E-state index contributed by atoms with van der Waals surface area (Å²) >= 11 is 5.78. The van der Waals surface area contributed by atoms with Gasteiger partial charge in [-0.1, -0.05) is 17.7 Å². The van der Waals surface area contributed by atoms with Gasteiger partial charge in [-0.3, -0.25) is 15.0 Å². The van der Waals surface area contributed by atoms with Crippen molar-refractivity contribution >= 4 is 17.3 Å². The van der Waals surface area contributed by atoms with Crippen LogP contribution in [-0.4, -0.2) is 22.4 Å². The third kappa shape index (κ3) is 4.51. The minimum absolute atomic E-state index is 0.0804. The molecular formula is C13H16ClN3O2. The van der Waals surface area contributed by atoms with E-state index in [-0.39, 0.29) is 16.8 Å². The van der Waals surface area contributed by atoms with E-state index in [1.54, 1.807) is 6.07 Å². The lowest BCUT2D eigenvalue weighted by Crippen LogP contribution is -2.31. The van der Waals surface area contributed by atoms with Gasteiger partial charge in [0.15, 0.2) is 0 Å². The fourth-order valence-corrected chi connectivity index (χ4v) is 1.93. The summed E-state index contributed by atoms with van der Waals surface area (Å²) in [6.07, 6.45) is 0.438. The van der Waals surface area contributed by atoms with Crippen molar-refractivity contribution in [3.8, 4) is 6.07 Å². The van der Waals surface area contributed by atoms with Gasteiger partial charge in [0.25, 0.3) is 5.69 Å². The average molecular weight is 282 g/mol. The highest BCUT2D eigenvalue weighted by atomic mass is 35.5. The van der Waals surface area contributed by atoms with Crippen molar-refractivity contribution in [2.45, 2.75) is 32.9 Å². The highest BCUT2D eigenvalue weighted by Crippen LogP contribution is 2.25. The molecule has 0 saturated heterocycles. The smallest absolute Gasteiger partial charge is 0.288 e. The minimum Gasteiger partial charge on any atom is -0.296 e. The molecule has 1 aromatic carbocycles. The van der Waals surface area contributed by atoms with Gasteiger partial charge in [-0.25, -0.2) is 0 Å². The van der Waals surface area contributed by atoms with E-state index >= 15 is 0 Å². The van der Waals surface area contributed by atoms with Gasteiger partial charge < -0.3 is 0 Å². The molecule has 1 rings (SSSR count). The van der Waals surface area contributed by atoms with Crippen LogP contribution in [0.4, 0.5) is 5.69 Å². The minimum atomic E-state index is -0.485. The van der Waals surface area contributed by atoms with Crippen LogP contribution in [0.3, 0.4) is 0 Å². The first-order chi connectivity index (χ1) is 8.95.